The molecule has 4 heteroatoms. The minimum atomic E-state index is 0.518. The van der Waals surface area contributed by atoms with E-state index in [0.29, 0.717) is 5.41 Å². The maximum Gasteiger partial charge on any atom is 0.134 e. The zero-order valence-corrected chi connectivity index (χ0v) is 12.0. The first-order chi connectivity index (χ1) is 8.56. The van der Waals surface area contributed by atoms with Gasteiger partial charge in [-0.3, -0.25) is 0 Å². The van der Waals surface area contributed by atoms with E-state index in [0.717, 1.165) is 30.5 Å². The molecule has 2 heterocycles. The minimum Gasteiger partial charge on any atom is -0.373 e. The maximum atomic E-state index is 4.55. The van der Waals surface area contributed by atoms with Crippen molar-refractivity contribution in [2.75, 3.05) is 30.4 Å². The van der Waals surface area contributed by atoms with Gasteiger partial charge in [0.1, 0.15) is 17.5 Å². The molecular formula is C14H24N4. The van der Waals surface area contributed by atoms with Gasteiger partial charge in [-0.2, -0.15) is 0 Å². The number of rotatable bonds is 3. The number of anilines is 2. The van der Waals surface area contributed by atoms with E-state index < -0.39 is 0 Å². The fourth-order valence-electron chi connectivity index (χ4n) is 2.47. The van der Waals surface area contributed by atoms with Gasteiger partial charge in [0, 0.05) is 26.2 Å². The topological polar surface area (TPSA) is 41.0 Å². The van der Waals surface area contributed by atoms with Crippen LogP contribution in [0.4, 0.5) is 11.6 Å². The molecule has 1 aromatic rings. The molecule has 1 fully saturated rings. The molecule has 0 radical (unpaired) electrons. The Balaban J connectivity index is 2.12. The average molecular weight is 248 g/mol. The molecule has 1 aromatic heterocycles. The van der Waals surface area contributed by atoms with E-state index in [4.69, 9.17) is 0 Å². The highest BCUT2D eigenvalue weighted by molar-refractivity contribution is 5.49. The monoisotopic (exact) mass is 248 g/mol. The summed E-state index contributed by atoms with van der Waals surface area (Å²) in [6.45, 7) is 8.84. The molecule has 0 atom stereocenters. The summed E-state index contributed by atoms with van der Waals surface area (Å²) < 4.78 is 0. The zero-order valence-electron chi connectivity index (χ0n) is 12.0. The van der Waals surface area contributed by atoms with Gasteiger partial charge in [-0.1, -0.05) is 20.3 Å². The molecule has 100 valence electrons. The van der Waals surface area contributed by atoms with E-state index in [1.54, 1.807) is 0 Å². The van der Waals surface area contributed by atoms with E-state index in [2.05, 4.69) is 34.0 Å². The number of piperidine rings is 1. The number of aromatic nitrogens is 2. The van der Waals surface area contributed by atoms with Crippen molar-refractivity contribution in [1.29, 1.82) is 0 Å². The summed E-state index contributed by atoms with van der Waals surface area (Å²) in [7, 11) is 1.90. The Bertz CT molecular complexity index is 408. The molecule has 1 aliphatic heterocycles. The smallest absolute Gasteiger partial charge is 0.134 e. The van der Waals surface area contributed by atoms with Crippen molar-refractivity contribution in [3.8, 4) is 0 Å². The minimum absolute atomic E-state index is 0.518. The van der Waals surface area contributed by atoms with E-state index in [9.17, 15) is 0 Å². The molecule has 0 unspecified atom stereocenters. The Morgan fingerprint density at radius 3 is 2.56 bits per heavy atom. The van der Waals surface area contributed by atoms with Crippen LogP contribution in [0.25, 0.3) is 0 Å². The molecule has 4 nitrogen and oxygen atoms in total. The highest BCUT2D eigenvalue weighted by Gasteiger charge is 2.28. The Morgan fingerprint density at radius 1 is 1.33 bits per heavy atom. The van der Waals surface area contributed by atoms with Crippen molar-refractivity contribution >= 4 is 11.6 Å². The Labute approximate surface area is 110 Å². The van der Waals surface area contributed by atoms with Gasteiger partial charge in [-0.25, -0.2) is 9.97 Å². The van der Waals surface area contributed by atoms with E-state index in [-0.39, 0.29) is 0 Å². The first kappa shape index (κ1) is 13.1. The summed E-state index contributed by atoms with van der Waals surface area (Å²) in [5.74, 6) is 2.80. The van der Waals surface area contributed by atoms with E-state index in [1.165, 1.54) is 19.3 Å². The van der Waals surface area contributed by atoms with Crippen LogP contribution in [0.5, 0.6) is 0 Å². The van der Waals surface area contributed by atoms with Crippen LogP contribution in [0.15, 0.2) is 6.07 Å². The first-order valence-corrected chi connectivity index (χ1v) is 6.85. The Kier molecular flexibility index (Phi) is 3.73. The van der Waals surface area contributed by atoms with Crippen molar-refractivity contribution < 1.29 is 0 Å². The van der Waals surface area contributed by atoms with Crippen molar-refractivity contribution in [3.63, 3.8) is 0 Å². The highest BCUT2D eigenvalue weighted by Crippen LogP contribution is 2.35. The fraction of sp³-hybridized carbons (Fsp3) is 0.714. The zero-order chi connectivity index (χ0) is 13.2. The lowest BCUT2D eigenvalue weighted by Crippen LogP contribution is -2.39. The lowest BCUT2D eigenvalue weighted by atomic mass is 9.78. The third-order valence-electron chi connectivity index (χ3n) is 4.23. The van der Waals surface area contributed by atoms with Gasteiger partial charge in [0.15, 0.2) is 0 Å². The Morgan fingerprint density at radius 2 is 2.00 bits per heavy atom. The van der Waals surface area contributed by atoms with E-state index >= 15 is 0 Å². The van der Waals surface area contributed by atoms with Crippen LogP contribution in [-0.2, 0) is 0 Å². The van der Waals surface area contributed by atoms with Crippen LogP contribution in [-0.4, -0.2) is 30.1 Å². The lowest BCUT2D eigenvalue weighted by molar-refractivity contribution is 0.238. The van der Waals surface area contributed by atoms with Gasteiger partial charge in [0.25, 0.3) is 0 Å². The quantitative estimate of drug-likeness (QED) is 0.893. The van der Waals surface area contributed by atoms with Gasteiger partial charge in [-0.05, 0) is 25.2 Å². The summed E-state index contributed by atoms with van der Waals surface area (Å²) in [5.41, 5.74) is 0.518. The van der Waals surface area contributed by atoms with Gasteiger partial charge in [0.05, 0.1) is 0 Å². The summed E-state index contributed by atoms with van der Waals surface area (Å²) in [4.78, 5) is 11.3. The van der Waals surface area contributed by atoms with Crippen molar-refractivity contribution in [2.24, 2.45) is 5.41 Å². The SMILES string of the molecule is CCC1(C)CCN(c2cc(NC)nc(C)n2)CC1. The number of hydrogen-bond acceptors (Lipinski definition) is 4. The summed E-state index contributed by atoms with van der Waals surface area (Å²) in [6, 6.07) is 2.04. The third-order valence-corrected chi connectivity index (χ3v) is 4.23. The Hall–Kier alpha value is -1.32. The van der Waals surface area contributed by atoms with Gasteiger partial charge < -0.3 is 10.2 Å². The second-order valence-electron chi connectivity index (χ2n) is 5.56. The molecule has 2 rings (SSSR count). The van der Waals surface area contributed by atoms with Crippen LogP contribution in [0.1, 0.15) is 38.9 Å². The molecule has 0 aliphatic carbocycles. The summed E-state index contributed by atoms with van der Waals surface area (Å²) in [6.07, 6.45) is 3.77. The van der Waals surface area contributed by atoms with Crippen LogP contribution in [0.2, 0.25) is 0 Å². The molecule has 0 bridgehead atoms. The molecule has 1 saturated heterocycles. The van der Waals surface area contributed by atoms with Crippen molar-refractivity contribution in [2.45, 2.75) is 40.0 Å². The van der Waals surface area contributed by atoms with Crippen LogP contribution in [0, 0.1) is 12.3 Å². The third kappa shape index (κ3) is 2.74. The molecule has 18 heavy (non-hydrogen) atoms. The summed E-state index contributed by atoms with van der Waals surface area (Å²) in [5, 5.41) is 3.10. The standard InChI is InChI=1S/C14H24N4/c1-5-14(3)6-8-18(9-7-14)13-10-12(15-4)16-11(2)17-13/h10H,5-9H2,1-4H3,(H,15,16,17). The van der Waals surface area contributed by atoms with E-state index in [1.807, 2.05) is 20.0 Å². The van der Waals surface area contributed by atoms with Crippen LogP contribution >= 0.6 is 0 Å². The predicted octanol–water partition coefficient (Wildman–Crippen LogP) is 2.84. The van der Waals surface area contributed by atoms with Gasteiger partial charge >= 0.3 is 0 Å². The number of aryl methyl sites for hydroxylation is 1. The highest BCUT2D eigenvalue weighted by atomic mass is 15.2. The van der Waals surface area contributed by atoms with Crippen LogP contribution < -0.4 is 10.2 Å². The number of hydrogen-bond donors (Lipinski definition) is 1. The number of nitrogens with zero attached hydrogens (tertiary/aromatic N) is 3. The second kappa shape index (κ2) is 5.12. The van der Waals surface area contributed by atoms with Crippen molar-refractivity contribution in [3.05, 3.63) is 11.9 Å². The number of nitrogens with one attached hydrogen (secondary N) is 1. The largest absolute Gasteiger partial charge is 0.373 e. The maximum absolute atomic E-state index is 4.55. The van der Waals surface area contributed by atoms with Gasteiger partial charge in [-0.15, -0.1) is 0 Å². The molecule has 0 spiro atoms. The molecule has 0 amide bonds. The fourth-order valence-corrected chi connectivity index (χ4v) is 2.47. The van der Waals surface area contributed by atoms with Crippen molar-refractivity contribution in [1.82, 2.24) is 9.97 Å². The first-order valence-electron chi connectivity index (χ1n) is 6.85. The van der Waals surface area contributed by atoms with Crippen LogP contribution in [0.3, 0.4) is 0 Å². The predicted molar refractivity (Wildman–Crippen MR) is 76.2 cm³/mol. The average Bonchev–Trinajstić information content (AvgIpc) is 2.39. The lowest BCUT2D eigenvalue weighted by Gasteiger charge is -2.39. The molecule has 0 saturated carbocycles. The molecule has 1 aliphatic rings. The summed E-state index contributed by atoms with van der Waals surface area (Å²) >= 11 is 0. The molecule has 1 N–H and O–H groups in total. The van der Waals surface area contributed by atoms with Gasteiger partial charge in [0.2, 0.25) is 0 Å². The molecule has 0 aromatic carbocycles. The normalized spacial score (nSPS) is 18.8. The molecular weight excluding hydrogens is 224 g/mol. The second-order valence-corrected chi connectivity index (χ2v) is 5.56.